The van der Waals surface area contributed by atoms with E-state index in [1.807, 2.05) is 53.5 Å². The molecule has 2 atom stereocenters. The summed E-state index contributed by atoms with van der Waals surface area (Å²) in [7, 11) is 3.24. The van der Waals surface area contributed by atoms with Crippen LogP contribution in [-0.2, 0) is 0 Å². The van der Waals surface area contributed by atoms with E-state index in [1.54, 1.807) is 20.3 Å². The lowest BCUT2D eigenvalue weighted by Gasteiger charge is -2.38. The molecular formula is C24H19BrCl2N2O3. The highest BCUT2D eigenvalue weighted by Gasteiger charge is 2.42. The monoisotopic (exact) mass is 532 g/mol. The van der Waals surface area contributed by atoms with Crippen molar-refractivity contribution in [2.24, 2.45) is 5.10 Å². The van der Waals surface area contributed by atoms with Crippen LogP contribution in [-0.4, -0.2) is 24.9 Å². The number of nitrogens with zero attached hydrogens (tertiary/aromatic N) is 2. The molecule has 0 radical (unpaired) electrons. The zero-order chi connectivity index (χ0) is 22.4. The molecule has 0 aliphatic carbocycles. The van der Waals surface area contributed by atoms with Crippen LogP contribution in [0.1, 0.15) is 35.4 Å². The first-order valence-electron chi connectivity index (χ1n) is 9.97. The third-order valence-electron chi connectivity index (χ3n) is 5.68. The molecule has 2 aliphatic heterocycles. The van der Waals surface area contributed by atoms with Crippen LogP contribution in [0.3, 0.4) is 0 Å². The maximum absolute atomic E-state index is 6.54. The van der Waals surface area contributed by atoms with Crippen molar-refractivity contribution in [2.45, 2.75) is 18.7 Å². The Bertz CT molecular complexity index is 1220. The van der Waals surface area contributed by atoms with E-state index in [0.717, 1.165) is 26.9 Å². The summed E-state index contributed by atoms with van der Waals surface area (Å²) in [6.07, 6.45) is 0.257. The molecule has 0 saturated heterocycles. The molecule has 8 heteroatoms. The second-order valence-electron chi connectivity index (χ2n) is 7.54. The number of fused-ring (bicyclic) bond motifs is 3. The number of ether oxygens (including phenoxy) is 3. The maximum Gasteiger partial charge on any atom is 0.213 e. The average Bonchev–Trinajstić information content (AvgIpc) is 3.25. The molecule has 0 saturated carbocycles. The summed E-state index contributed by atoms with van der Waals surface area (Å²) in [6.45, 7) is 0. The van der Waals surface area contributed by atoms with Crippen molar-refractivity contribution in [2.75, 3.05) is 14.2 Å². The third kappa shape index (κ3) is 3.70. The van der Waals surface area contributed by atoms with Crippen molar-refractivity contribution >= 4 is 44.8 Å². The van der Waals surface area contributed by atoms with Gasteiger partial charge in [0, 0.05) is 32.6 Å². The van der Waals surface area contributed by atoms with Crippen LogP contribution < -0.4 is 14.2 Å². The largest absolute Gasteiger partial charge is 0.493 e. The van der Waals surface area contributed by atoms with Crippen LogP contribution in [0.2, 0.25) is 10.0 Å². The van der Waals surface area contributed by atoms with E-state index in [-0.39, 0.29) is 6.04 Å². The number of hydrogen-bond donors (Lipinski definition) is 0. The third-order valence-corrected chi connectivity index (χ3v) is 6.71. The summed E-state index contributed by atoms with van der Waals surface area (Å²) < 4.78 is 18.3. The molecule has 0 aromatic heterocycles. The zero-order valence-electron chi connectivity index (χ0n) is 17.3. The van der Waals surface area contributed by atoms with E-state index in [4.69, 9.17) is 42.5 Å². The molecule has 5 nitrogen and oxygen atoms in total. The molecule has 0 unspecified atom stereocenters. The molecule has 3 aromatic carbocycles. The molecule has 0 bridgehead atoms. The fourth-order valence-corrected chi connectivity index (χ4v) is 4.97. The van der Waals surface area contributed by atoms with E-state index < -0.39 is 6.23 Å². The predicted molar refractivity (Wildman–Crippen MR) is 129 cm³/mol. The highest BCUT2D eigenvalue weighted by atomic mass is 79.9. The Labute approximate surface area is 204 Å². The van der Waals surface area contributed by atoms with Gasteiger partial charge < -0.3 is 14.2 Å². The van der Waals surface area contributed by atoms with Gasteiger partial charge in [0.05, 0.1) is 31.0 Å². The van der Waals surface area contributed by atoms with Crippen LogP contribution in [0.5, 0.6) is 17.2 Å². The van der Waals surface area contributed by atoms with Gasteiger partial charge in [-0.1, -0.05) is 51.3 Å². The minimum atomic E-state index is -0.420. The van der Waals surface area contributed by atoms with Gasteiger partial charge in [-0.05, 0) is 42.5 Å². The highest BCUT2D eigenvalue weighted by Crippen LogP contribution is 2.51. The van der Waals surface area contributed by atoms with Crippen LogP contribution in [0.25, 0.3) is 0 Å². The second-order valence-corrected chi connectivity index (χ2v) is 9.30. The van der Waals surface area contributed by atoms with Gasteiger partial charge in [-0.3, -0.25) is 0 Å². The first-order chi connectivity index (χ1) is 15.5. The van der Waals surface area contributed by atoms with Crippen LogP contribution >= 0.6 is 39.1 Å². The Hall–Kier alpha value is -2.41. The Kier molecular flexibility index (Phi) is 5.70. The second kappa shape index (κ2) is 8.50. The predicted octanol–water partition coefficient (Wildman–Crippen LogP) is 7.02. The summed E-state index contributed by atoms with van der Waals surface area (Å²) in [4.78, 5) is 0. The van der Waals surface area contributed by atoms with Gasteiger partial charge in [-0.15, -0.1) is 0 Å². The first kappa shape index (κ1) is 21.4. The van der Waals surface area contributed by atoms with E-state index >= 15 is 0 Å². The Morgan fingerprint density at radius 1 is 1.00 bits per heavy atom. The average molecular weight is 534 g/mol. The lowest BCUT2D eigenvalue weighted by atomic mass is 9.95. The smallest absolute Gasteiger partial charge is 0.213 e. The fraction of sp³-hybridized carbons (Fsp3) is 0.208. The van der Waals surface area contributed by atoms with Gasteiger partial charge in [-0.25, -0.2) is 5.01 Å². The van der Waals surface area contributed by atoms with Crippen molar-refractivity contribution in [1.29, 1.82) is 0 Å². The van der Waals surface area contributed by atoms with Gasteiger partial charge in [0.1, 0.15) is 5.75 Å². The molecule has 2 heterocycles. The summed E-state index contributed by atoms with van der Waals surface area (Å²) in [5, 5.41) is 8.03. The number of methoxy groups -OCH3 is 2. The first-order valence-corrected chi connectivity index (χ1v) is 11.5. The lowest BCUT2D eigenvalue weighted by Crippen LogP contribution is -2.33. The van der Waals surface area contributed by atoms with E-state index in [0.29, 0.717) is 33.7 Å². The Morgan fingerprint density at radius 2 is 1.75 bits per heavy atom. The Morgan fingerprint density at radius 3 is 2.47 bits per heavy atom. The van der Waals surface area contributed by atoms with Crippen molar-refractivity contribution < 1.29 is 14.2 Å². The van der Waals surface area contributed by atoms with Gasteiger partial charge in [0.15, 0.2) is 11.5 Å². The van der Waals surface area contributed by atoms with Crippen LogP contribution in [0, 0.1) is 0 Å². The minimum Gasteiger partial charge on any atom is -0.493 e. The maximum atomic E-state index is 6.54. The van der Waals surface area contributed by atoms with Crippen LogP contribution in [0.15, 0.2) is 64.2 Å². The molecule has 164 valence electrons. The molecule has 0 amide bonds. The molecule has 0 N–H and O–H groups in total. The lowest BCUT2D eigenvalue weighted by molar-refractivity contribution is -0.0189. The molecule has 0 spiro atoms. The number of hydrazone groups is 1. The number of halogens is 3. The fourth-order valence-electron chi connectivity index (χ4n) is 4.15. The quantitative estimate of drug-likeness (QED) is 0.361. The van der Waals surface area contributed by atoms with Gasteiger partial charge in [0.25, 0.3) is 0 Å². The van der Waals surface area contributed by atoms with Crippen molar-refractivity contribution in [1.82, 2.24) is 5.01 Å². The minimum absolute atomic E-state index is 0.0632. The molecule has 2 aliphatic rings. The normalized spacial score (nSPS) is 19.0. The molecule has 0 fully saturated rings. The van der Waals surface area contributed by atoms with Crippen molar-refractivity contribution in [3.05, 3.63) is 85.8 Å². The van der Waals surface area contributed by atoms with Crippen molar-refractivity contribution in [3.63, 3.8) is 0 Å². The van der Waals surface area contributed by atoms with Gasteiger partial charge >= 0.3 is 0 Å². The Balaban J connectivity index is 1.61. The van der Waals surface area contributed by atoms with E-state index in [2.05, 4.69) is 15.9 Å². The molecular weight excluding hydrogens is 515 g/mol. The number of benzene rings is 3. The van der Waals surface area contributed by atoms with Gasteiger partial charge in [-0.2, -0.15) is 5.10 Å². The number of rotatable bonds is 4. The summed E-state index contributed by atoms with van der Waals surface area (Å²) in [5.74, 6) is 1.98. The van der Waals surface area contributed by atoms with E-state index in [9.17, 15) is 0 Å². The van der Waals surface area contributed by atoms with Gasteiger partial charge in [0.2, 0.25) is 6.23 Å². The standard InChI is InChI=1S/C24H19BrCl2N2O3/c1-30-21-8-5-14(9-22(21)31-2)19-12-20-17-10-16(26)11-18(27)23(17)32-24(29(20)28-19)13-3-6-15(25)7-4-13/h3-11,20,24H,12H2,1-2H3/t20-,24-/m0/s1. The van der Waals surface area contributed by atoms with Crippen molar-refractivity contribution in [3.8, 4) is 17.2 Å². The SMILES string of the molecule is COc1ccc(C2=NN3[C@@H](C2)c2cc(Cl)cc(Cl)c2O[C@H]3c2ccc(Br)cc2)cc1OC. The molecule has 32 heavy (non-hydrogen) atoms. The summed E-state index contributed by atoms with van der Waals surface area (Å²) in [6, 6.07) is 17.4. The van der Waals surface area contributed by atoms with Crippen LogP contribution in [0.4, 0.5) is 0 Å². The molecule has 5 rings (SSSR count). The summed E-state index contributed by atoms with van der Waals surface area (Å²) in [5.41, 5.74) is 3.79. The summed E-state index contributed by atoms with van der Waals surface area (Å²) >= 11 is 16.4. The highest BCUT2D eigenvalue weighted by molar-refractivity contribution is 9.10. The topological polar surface area (TPSA) is 43.3 Å². The number of hydrogen-bond acceptors (Lipinski definition) is 5. The van der Waals surface area contributed by atoms with E-state index in [1.165, 1.54) is 0 Å². The molecule has 3 aromatic rings. The zero-order valence-corrected chi connectivity index (χ0v) is 20.4.